The summed E-state index contributed by atoms with van der Waals surface area (Å²) in [6, 6.07) is 12.2. The Morgan fingerprint density at radius 1 is 1.28 bits per heavy atom. The molecule has 2 heterocycles. The van der Waals surface area contributed by atoms with Crippen molar-refractivity contribution in [3.8, 4) is 11.6 Å². The quantitative estimate of drug-likeness (QED) is 0.891. The monoisotopic (exact) mass is 341 g/mol. The Hall–Kier alpha value is -3.09. The van der Waals surface area contributed by atoms with E-state index in [2.05, 4.69) is 10.3 Å². The van der Waals surface area contributed by atoms with Gasteiger partial charge in [0, 0.05) is 31.0 Å². The van der Waals surface area contributed by atoms with E-state index in [1.807, 2.05) is 30.3 Å². The van der Waals surface area contributed by atoms with E-state index in [1.165, 1.54) is 4.90 Å². The molecule has 7 heteroatoms. The van der Waals surface area contributed by atoms with Crippen LogP contribution in [0.2, 0.25) is 0 Å². The highest BCUT2D eigenvalue weighted by atomic mass is 16.5. The van der Waals surface area contributed by atoms with Crippen LogP contribution in [-0.4, -0.2) is 40.1 Å². The summed E-state index contributed by atoms with van der Waals surface area (Å²) in [4.78, 5) is 29.3. The number of aromatic nitrogens is 1. The van der Waals surface area contributed by atoms with E-state index in [0.717, 1.165) is 0 Å². The van der Waals surface area contributed by atoms with E-state index in [4.69, 9.17) is 4.74 Å². The topological polar surface area (TPSA) is 91.8 Å². The zero-order valence-corrected chi connectivity index (χ0v) is 13.8. The number of urea groups is 1. The molecule has 0 radical (unpaired) electrons. The van der Waals surface area contributed by atoms with E-state index in [1.54, 1.807) is 25.3 Å². The van der Waals surface area contributed by atoms with Gasteiger partial charge in [-0.25, -0.2) is 9.78 Å². The minimum atomic E-state index is -0.892. The molecular weight excluding hydrogens is 322 g/mol. The fraction of sp³-hybridized carbons (Fsp3) is 0.278. The van der Waals surface area contributed by atoms with Crippen molar-refractivity contribution in [2.24, 2.45) is 5.41 Å². The lowest BCUT2D eigenvalue weighted by Crippen LogP contribution is -2.37. The second kappa shape index (κ2) is 6.80. The molecule has 1 fully saturated rings. The van der Waals surface area contributed by atoms with Gasteiger partial charge in [0.2, 0.25) is 5.88 Å². The molecule has 1 aliphatic rings. The molecule has 0 spiro atoms. The van der Waals surface area contributed by atoms with Crippen LogP contribution >= 0.6 is 0 Å². The molecule has 0 aliphatic carbocycles. The van der Waals surface area contributed by atoms with Gasteiger partial charge < -0.3 is 20.1 Å². The predicted molar refractivity (Wildman–Crippen MR) is 91.7 cm³/mol. The molecule has 25 heavy (non-hydrogen) atoms. The zero-order valence-electron chi connectivity index (χ0n) is 13.8. The fourth-order valence-electron chi connectivity index (χ4n) is 2.66. The summed E-state index contributed by atoms with van der Waals surface area (Å²) < 4.78 is 5.64. The van der Waals surface area contributed by atoms with Gasteiger partial charge in [0.25, 0.3) is 0 Å². The van der Waals surface area contributed by atoms with Crippen molar-refractivity contribution in [1.29, 1.82) is 0 Å². The number of hydrogen-bond acceptors (Lipinski definition) is 4. The molecule has 1 atom stereocenters. The average Bonchev–Trinajstić information content (AvgIpc) is 3.00. The number of ether oxygens (including phenoxy) is 1. The number of nitrogens with one attached hydrogen (secondary N) is 1. The number of hydrogen-bond donors (Lipinski definition) is 2. The lowest BCUT2D eigenvalue weighted by molar-refractivity contribution is -0.146. The molecular formula is C18H19N3O4. The Labute approximate surface area is 145 Å². The van der Waals surface area contributed by atoms with Gasteiger partial charge in [0.05, 0.1) is 5.41 Å². The lowest BCUT2D eigenvalue weighted by Gasteiger charge is -2.20. The van der Waals surface area contributed by atoms with Crippen LogP contribution in [0.15, 0.2) is 48.7 Å². The number of likely N-dealkylation sites (tertiary alicyclic amines) is 1. The molecule has 1 aliphatic heterocycles. The molecule has 0 bridgehead atoms. The summed E-state index contributed by atoms with van der Waals surface area (Å²) in [7, 11) is 0. The molecule has 1 unspecified atom stereocenters. The van der Waals surface area contributed by atoms with Gasteiger partial charge in [-0.05, 0) is 31.5 Å². The minimum absolute atomic E-state index is 0.187. The summed E-state index contributed by atoms with van der Waals surface area (Å²) in [5, 5.41) is 12.0. The molecule has 1 saturated heterocycles. The van der Waals surface area contributed by atoms with Crippen molar-refractivity contribution >= 4 is 17.7 Å². The van der Waals surface area contributed by atoms with Crippen LogP contribution in [0.1, 0.15) is 13.3 Å². The molecule has 2 amide bonds. The van der Waals surface area contributed by atoms with Crippen LogP contribution < -0.4 is 10.1 Å². The normalized spacial score (nSPS) is 19.5. The smallest absolute Gasteiger partial charge is 0.321 e. The number of amides is 2. The Balaban J connectivity index is 1.64. The van der Waals surface area contributed by atoms with Gasteiger partial charge in [-0.1, -0.05) is 18.2 Å². The Morgan fingerprint density at radius 3 is 2.72 bits per heavy atom. The van der Waals surface area contributed by atoms with Crippen LogP contribution in [0, 0.1) is 5.41 Å². The number of para-hydroxylation sites is 1. The molecule has 2 N–H and O–H groups in total. The summed E-state index contributed by atoms with van der Waals surface area (Å²) in [5.41, 5.74) is -0.355. The summed E-state index contributed by atoms with van der Waals surface area (Å²) in [5.74, 6) is 0.126. The molecule has 2 aromatic rings. The van der Waals surface area contributed by atoms with E-state index >= 15 is 0 Å². The molecule has 0 saturated carbocycles. The van der Waals surface area contributed by atoms with Crippen molar-refractivity contribution in [3.05, 3.63) is 48.7 Å². The molecule has 7 nitrogen and oxygen atoms in total. The number of rotatable bonds is 4. The van der Waals surface area contributed by atoms with Crippen molar-refractivity contribution < 1.29 is 19.4 Å². The number of nitrogens with zero attached hydrogens (tertiary/aromatic N) is 2. The maximum Gasteiger partial charge on any atom is 0.321 e. The summed E-state index contributed by atoms with van der Waals surface area (Å²) >= 11 is 0. The Morgan fingerprint density at radius 2 is 2.04 bits per heavy atom. The molecule has 1 aromatic carbocycles. The van der Waals surface area contributed by atoms with Gasteiger partial charge in [-0.15, -0.1) is 0 Å². The summed E-state index contributed by atoms with van der Waals surface area (Å²) in [6.45, 7) is 2.25. The molecule has 1 aromatic heterocycles. The fourth-order valence-corrected chi connectivity index (χ4v) is 2.66. The van der Waals surface area contributed by atoms with Crippen LogP contribution in [0.25, 0.3) is 0 Å². The van der Waals surface area contributed by atoms with Crippen LogP contribution in [0.5, 0.6) is 11.6 Å². The highest BCUT2D eigenvalue weighted by Crippen LogP contribution is 2.30. The number of aliphatic carboxylic acids is 1. The number of carbonyl (C=O) groups is 2. The minimum Gasteiger partial charge on any atom is -0.481 e. The van der Waals surface area contributed by atoms with Gasteiger partial charge in [0.15, 0.2) is 0 Å². The van der Waals surface area contributed by atoms with Gasteiger partial charge >= 0.3 is 12.0 Å². The molecule has 3 rings (SSSR count). The van der Waals surface area contributed by atoms with Crippen molar-refractivity contribution in [3.63, 3.8) is 0 Å². The largest absolute Gasteiger partial charge is 0.481 e. The first kappa shape index (κ1) is 16.8. The van der Waals surface area contributed by atoms with Crippen LogP contribution in [-0.2, 0) is 4.79 Å². The van der Waals surface area contributed by atoms with Crippen molar-refractivity contribution in [2.75, 3.05) is 18.4 Å². The van der Waals surface area contributed by atoms with Crippen molar-refractivity contribution in [1.82, 2.24) is 9.88 Å². The third-order valence-corrected chi connectivity index (χ3v) is 4.23. The number of pyridine rings is 1. The van der Waals surface area contributed by atoms with Gasteiger partial charge in [0.1, 0.15) is 5.75 Å². The van der Waals surface area contributed by atoms with Crippen LogP contribution in [0.4, 0.5) is 10.5 Å². The zero-order chi connectivity index (χ0) is 17.9. The Kier molecular flexibility index (Phi) is 4.56. The molecule has 130 valence electrons. The maximum atomic E-state index is 12.4. The first-order valence-corrected chi connectivity index (χ1v) is 7.95. The second-order valence-electron chi connectivity index (χ2n) is 6.27. The SMILES string of the molecule is CC1(C(=O)O)CCN(C(=O)Nc2ccnc(Oc3ccccc3)c2)C1. The maximum absolute atomic E-state index is 12.4. The lowest BCUT2D eigenvalue weighted by atomic mass is 9.90. The number of benzene rings is 1. The van der Waals surface area contributed by atoms with Crippen LogP contribution in [0.3, 0.4) is 0 Å². The summed E-state index contributed by atoms with van der Waals surface area (Å²) in [6.07, 6.45) is 1.98. The predicted octanol–water partition coefficient (Wildman–Crippen LogP) is 3.20. The highest BCUT2D eigenvalue weighted by Gasteiger charge is 2.42. The van der Waals surface area contributed by atoms with E-state index in [9.17, 15) is 14.7 Å². The van der Waals surface area contributed by atoms with Gasteiger partial charge in [-0.3, -0.25) is 4.79 Å². The first-order valence-electron chi connectivity index (χ1n) is 7.95. The Bertz CT molecular complexity index is 781. The van der Waals surface area contributed by atoms with Crippen molar-refractivity contribution in [2.45, 2.75) is 13.3 Å². The number of carboxylic acid groups (broad SMARTS) is 1. The number of anilines is 1. The highest BCUT2D eigenvalue weighted by molar-refractivity contribution is 5.90. The average molecular weight is 341 g/mol. The van der Waals surface area contributed by atoms with Gasteiger partial charge in [-0.2, -0.15) is 0 Å². The number of carbonyl (C=O) groups excluding carboxylic acids is 1. The second-order valence-corrected chi connectivity index (χ2v) is 6.27. The standard InChI is InChI=1S/C18H19N3O4/c1-18(16(22)23)8-10-21(12-18)17(24)20-13-7-9-19-15(11-13)25-14-5-3-2-4-6-14/h2-7,9,11H,8,10,12H2,1H3,(H,22,23)(H,19,20,24). The van der Waals surface area contributed by atoms with E-state index < -0.39 is 11.4 Å². The number of carboxylic acids is 1. The third kappa shape index (κ3) is 3.88. The first-order chi connectivity index (χ1) is 12.0. The van der Waals surface area contributed by atoms with E-state index in [0.29, 0.717) is 30.3 Å². The van der Waals surface area contributed by atoms with E-state index in [-0.39, 0.29) is 12.6 Å². The third-order valence-electron chi connectivity index (χ3n) is 4.23.